The molecule has 15 heavy (non-hydrogen) atoms. The quantitative estimate of drug-likeness (QED) is 0.619. The number of rotatable bonds is 5. The minimum Gasteiger partial charge on any atom is -0.396 e. The number of hydrogen-bond acceptors (Lipinski definition) is 4. The third-order valence-corrected chi connectivity index (χ3v) is 1.38. The SMILES string of the molecule is COCCC(=O)N(C)C.NC(=O)CCO. The Morgan fingerprint density at radius 1 is 1.33 bits per heavy atom. The maximum absolute atomic E-state index is 10.7. The zero-order valence-electron chi connectivity index (χ0n) is 9.52. The largest absolute Gasteiger partial charge is 0.396 e. The van der Waals surface area contributed by atoms with E-state index in [1.807, 2.05) is 0 Å². The third kappa shape index (κ3) is 15.6. The van der Waals surface area contributed by atoms with E-state index in [-0.39, 0.29) is 18.9 Å². The number of methoxy groups -OCH3 is 1. The van der Waals surface area contributed by atoms with E-state index in [1.54, 1.807) is 26.1 Å². The molecule has 0 aromatic carbocycles. The summed E-state index contributed by atoms with van der Waals surface area (Å²) in [5.41, 5.74) is 4.60. The highest BCUT2D eigenvalue weighted by atomic mass is 16.5. The predicted octanol–water partition coefficient (Wildman–Crippen LogP) is -1.03. The first-order chi connectivity index (χ1) is 6.95. The van der Waals surface area contributed by atoms with E-state index in [0.717, 1.165) is 0 Å². The number of hydrogen-bond donors (Lipinski definition) is 2. The van der Waals surface area contributed by atoms with Crippen molar-refractivity contribution >= 4 is 11.8 Å². The molecule has 0 saturated heterocycles. The summed E-state index contributed by atoms with van der Waals surface area (Å²) in [7, 11) is 5.05. The summed E-state index contributed by atoms with van der Waals surface area (Å²) < 4.78 is 4.72. The van der Waals surface area contributed by atoms with Crippen LogP contribution in [0.25, 0.3) is 0 Å². The van der Waals surface area contributed by atoms with Crippen LogP contribution < -0.4 is 5.73 Å². The second-order valence-electron chi connectivity index (χ2n) is 2.97. The molecular weight excluding hydrogens is 200 g/mol. The molecule has 0 rings (SSSR count). The summed E-state index contributed by atoms with van der Waals surface area (Å²) in [6.45, 7) is 0.367. The molecule has 0 aromatic heterocycles. The lowest BCUT2D eigenvalue weighted by atomic mass is 10.4. The summed E-state index contributed by atoms with van der Waals surface area (Å²) in [6.07, 6.45) is 0.545. The maximum atomic E-state index is 10.7. The highest BCUT2D eigenvalue weighted by Crippen LogP contribution is 1.85. The molecule has 0 aliphatic carbocycles. The summed E-state index contributed by atoms with van der Waals surface area (Å²) >= 11 is 0. The van der Waals surface area contributed by atoms with Gasteiger partial charge in [0, 0.05) is 27.6 Å². The topological polar surface area (TPSA) is 92.9 Å². The molecule has 3 N–H and O–H groups in total. The Labute approximate surface area is 90.0 Å². The van der Waals surface area contributed by atoms with Crippen molar-refractivity contribution in [2.75, 3.05) is 34.4 Å². The van der Waals surface area contributed by atoms with Crippen LogP contribution in [-0.4, -0.2) is 56.2 Å². The van der Waals surface area contributed by atoms with Crippen molar-refractivity contribution in [2.24, 2.45) is 5.73 Å². The minimum absolute atomic E-state index is 0.0694. The molecule has 0 unspecified atom stereocenters. The zero-order chi connectivity index (χ0) is 12.3. The zero-order valence-corrected chi connectivity index (χ0v) is 9.52. The number of ether oxygens (including phenoxy) is 1. The van der Waals surface area contributed by atoms with Gasteiger partial charge in [-0.1, -0.05) is 0 Å². The molecule has 0 aliphatic heterocycles. The van der Waals surface area contributed by atoms with Crippen molar-refractivity contribution in [3.8, 4) is 0 Å². The number of nitrogens with two attached hydrogens (primary N) is 1. The normalized spacial score (nSPS) is 8.80. The van der Waals surface area contributed by atoms with Gasteiger partial charge in [-0.25, -0.2) is 0 Å². The molecule has 0 spiro atoms. The number of amides is 2. The number of aliphatic hydroxyl groups is 1. The van der Waals surface area contributed by atoms with Crippen LogP contribution in [0.4, 0.5) is 0 Å². The lowest BCUT2D eigenvalue weighted by Crippen LogP contribution is -2.22. The molecule has 0 aromatic rings. The van der Waals surface area contributed by atoms with E-state index in [1.165, 1.54) is 0 Å². The molecule has 6 heteroatoms. The van der Waals surface area contributed by atoms with Crippen molar-refractivity contribution in [1.82, 2.24) is 4.90 Å². The van der Waals surface area contributed by atoms with Gasteiger partial charge in [0.1, 0.15) is 0 Å². The summed E-state index contributed by atoms with van der Waals surface area (Å²) in [5.74, 6) is -0.352. The Balaban J connectivity index is 0. The van der Waals surface area contributed by atoms with E-state index < -0.39 is 5.91 Å². The van der Waals surface area contributed by atoms with Gasteiger partial charge in [-0.3, -0.25) is 9.59 Å². The molecule has 0 bridgehead atoms. The molecule has 90 valence electrons. The lowest BCUT2D eigenvalue weighted by molar-refractivity contribution is -0.129. The first-order valence-corrected chi connectivity index (χ1v) is 4.54. The third-order valence-electron chi connectivity index (χ3n) is 1.38. The van der Waals surface area contributed by atoms with Crippen LogP contribution in [0.3, 0.4) is 0 Å². The molecule has 6 nitrogen and oxygen atoms in total. The standard InChI is InChI=1S/C6H13NO2.C3H7NO2/c1-7(2)6(8)4-5-9-3;4-3(6)1-2-5/h4-5H2,1-3H3;5H,1-2H2,(H2,4,6). The number of primary amides is 1. The second kappa shape index (κ2) is 10.9. The monoisotopic (exact) mass is 220 g/mol. The molecule has 0 radical (unpaired) electrons. The van der Waals surface area contributed by atoms with Crippen LogP contribution in [0.2, 0.25) is 0 Å². The smallest absolute Gasteiger partial charge is 0.224 e. The molecule has 0 atom stereocenters. The van der Waals surface area contributed by atoms with Gasteiger partial charge < -0.3 is 20.5 Å². The molecule has 2 amide bonds. The fraction of sp³-hybridized carbons (Fsp3) is 0.778. The summed E-state index contributed by atoms with van der Waals surface area (Å²) in [4.78, 5) is 22.0. The second-order valence-corrected chi connectivity index (χ2v) is 2.97. The van der Waals surface area contributed by atoms with Crippen LogP contribution in [0, 0.1) is 0 Å². The first-order valence-electron chi connectivity index (χ1n) is 4.54. The lowest BCUT2D eigenvalue weighted by Gasteiger charge is -2.08. The van der Waals surface area contributed by atoms with E-state index in [0.29, 0.717) is 13.0 Å². The van der Waals surface area contributed by atoms with Gasteiger partial charge in [0.05, 0.1) is 19.6 Å². The van der Waals surface area contributed by atoms with E-state index in [9.17, 15) is 9.59 Å². The Hall–Kier alpha value is -1.14. The average Bonchev–Trinajstić information content (AvgIpc) is 2.14. The molecule has 0 heterocycles. The summed E-state index contributed by atoms with van der Waals surface area (Å²) in [6, 6.07) is 0. The highest BCUT2D eigenvalue weighted by molar-refractivity contribution is 5.75. The van der Waals surface area contributed by atoms with Crippen LogP contribution >= 0.6 is 0 Å². The van der Waals surface area contributed by atoms with Crippen molar-refractivity contribution in [3.63, 3.8) is 0 Å². The predicted molar refractivity (Wildman–Crippen MR) is 56.1 cm³/mol. The molecule has 0 fully saturated rings. The number of carbonyl (C=O) groups excluding carboxylic acids is 2. The van der Waals surface area contributed by atoms with Crippen LogP contribution in [0.5, 0.6) is 0 Å². The Morgan fingerprint density at radius 3 is 2.07 bits per heavy atom. The van der Waals surface area contributed by atoms with Gasteiger partial charge in [0.25, 0.3) is 0 Å². The van der Waals surface area contributed by atoms with E-state index >= 15 is 0 Å². The fourth-order valence-corrected chi connectivity index (χ4v) is 0.523. The Bertz CT molecular complexity index is 183. The maximum Gasteiger partial charge on any atom is 0.224 e. The van der Waals surface area contributed by atoms with Crippen LogP contribution in [0.15, 0.2) is 0 Å². The Morgan fingerprint density at radius 2 is 1.87 bits per heavy atom. The van der Waals surface area contributed by atoms with Gasteiger partial charge in [-0.2, -0.15) is 0 Å². The van der Waals surface area contributed by atoms with Crippen molar-refractivity contribution in [1.29, 1.82) is 0 Å². The van der Waals surface area contributed by atoms with Crippen molar-refractivity contribution in [3.05, 3.63) is 0 Å². The first kappa shape index (κ1) is 16.3. The molecule has 0 saturated carbocycles. The van der Waals surface area contributed by atoms with E-state index in [4.69, 9.17) is 9.84 Å². The number of nitrogens with zero attached hydrogens (tertiary/aromatic N) is 1. The summed E-state index contributed by atoms with van der Waals surface area (Å²) in [5, 5.41) is 7.94. The van der Waals surface area contributed by atoms with Gasteiger partial charge in [-0.15, -0.1) is 0 Å². The van der Waals surface area contributed by atoms with Gasteiger partial charge >= 0.3 is 0 Å². The van der Waals surface area contributed by atoms with Crippen LogP contribution in [-0.2, 0) is 14.3 Å². The molecule has 0 aliphatic rings. The minimum atomic E-state index is -0.461. The van der Waals surface area contributed by atoms with Gasteiger partial charge in [-0.05, 0) is 0 Å². The number of aliphatic hydroxyl groups excluding tert-OH is 1. The van der Waals surface area contributed by atoms with Crippen molar-refractivity contribution < 1.29 is 19.4 Å². The highest BCUT2D eigenvalue weighted by Gasteiger charge is 2.00. The van der Waals surface area contributed by atoms with E-state index in [2.05, 4.69) is 5.73 Å². The fourth-order valence-electron chi connectivity index (χ4n) is 0.523. The van der Waals surface area contributed by atoms with Crippen molar-refractivity contribution in [2.45, 2.75) is 12.8 Å². The van der Waals surface area contributed by atoms with Gasteiger partial charge in [0.15, 0.2) is 0 Å². The molecular formula is C9H20N2O4. The Kier molecular flexibility index (Phi) is 11.9. The average molecular weight is 220 g/mol. The van der Waals surface area contributed by atoms with Crippen LogP contribution in [0.1, 0.15) is 12.8 Å². The van der Waals surface area contributed by atoms with Gasteiger partial charge in [0.2, 0.25) is 11.8 Å². The number of carbonyl (C=O) groups is 2.